The fraction of sp³-hybridized carbons (Fsp3) is 0.667. The van der Waals surface area contributed by atoms with Crippen molar-refractivity contribution in [1.82, 2.24) is 13.9 Å². The lowest BCUT2D eigenvalue weighted by atomic mass is 10.1. The molecule has 2 fully saturated rings. The normalized spacial score (nSPS) is 26.1. The summed E-state index contributed by atoms with van der Waals surface area (Å²) < 4.78 is 41.8. The van der Waals surface area contributed by atoms with Crippen LogP contribution in [0.15, 0.2) is 30.3 Å². The molecular weight excluding hydrogens is 458 g/mol. The molecular formula is C24H37N3O6S. The second-order valence-corrected chi connectivity index (χ2v) is 12.7. The minimum atomic E-state index is -4.03. The average Bonchev–Trinajstić information content (AvgIpc) is 3.30. The van der Waals surface area contributed by atoms with Gasteiger partial charge >= 0.3 is 12.1 Å². The molecule has 1 saturated carbocycles. The van der Waals surface area contributed by atoms with E-state index in [1.165, 1.54) is 9.21 Å². The van der Waals surface area contributed by atoms with E-state index in [2.05, 4.69) is 4.72 Å². The molecule has 1 aromatic carbocycles. The Labute approximate surface area is 203 Å². The minimum absolute atomic E-state index is 0.101. The number of hydrogen-bond acceptors (Lipinski definition) is 6. The Balaban J connectivity index is 1.78. The van der Waals surface area contributed by atoms with Gasteiger partial charge in [0.15, 0.2) is 0 Å². The highest BCUT2D eigenvalue weighted by Crippen LogP contribution is 2.58. The molecule has 10 heteroatoms. The molecule has 9 nitrogen and oxygen atoms in total. The van der Waals surface area contributed by atoms with Gasteiger partial charge < -0.3 is 14.4 Å². The monoisotopic (exact) mass is 495 g/mol. The fourth-order valence-electron chi connectivity index (χ4n) is 4.36. The Morgan fingerprint density at radius 1 is 0.941 bits per heavy atom. The second-order valence-electron chi connectivity index (χ2n) is 11.0. The molecule has 0 aromatic heterocycles. The Hall–Kier alpha value is -2.17. The van der Waals surface area contributed by atoms with Crippen molar-refractivity contribution in [3.63, 3.8) is 0 Å². The summed E-state index contributed by atoms with van der Waals surface area (Å²) in [4.78, 5) is 27.2. The van der Waals surface area contributed by atoms with Crippen molar-refractivity contribution in [3.05, 3.63) is 35.9 Å². The number of hydrogen-bond donors (Lipinski definition) is 1. The van der Waals surface area contributed by atoms with Crippen LogP contribution >= 0.6 is 0 Å². The molecule has 1 saturated heterocycles. The summed E-state index contributed by atoms with van der Waals surface area (Å²) in [6.45, 7) is 13.1. The lowest BCUT2D eigenvalue weighted by Crippen LogP contribution is -2.58. The van der Waals surface area contributed by atoms with Gasteiger partial charge in [0, 0.05) is 32.1 Å². The first-order chi connectivity index (χ1) is 15.6. The van der Waals surface area contributed by atoms with Crippen LogP contribution in [0, 0.1) is 5.92 Å². The fourth-order valence-corrected chi connectivity index (χ4v) is 5.96. The van der Waals surface area contributed by atoms with E-state index < -0.39 is 39.0 Å². The van der Waals surface area contributed by atoms with Gasteiger partial charge in [-0.2, -0.15) is 17.4 Å². The quantitative estimate of drug-likeness (QED) is 0.630. The molecule has 0 radical (unpaired) electrons. The van der Waals surface area contributed by atoms with Gasteiger partial charge in [-0.25, -0.2) is 9.59 Å². The summed E-state index contributed by atoms with van der Waals surface area (Å²) in [6, 6.07) is 9.39. The second kappa shape index (κ2) is 9.13. The summed E-state index contributed by atoms with van der Waals surface area (Å²) >= 11 is 0. The highest BCUT2D eigenvalue weighted by Gasteiger charge is 2.71. The number of carbonyl (C=O) groups excluding carboxylic acids is 2. The third kappa shape index (κ3) is 5.72. The molecule has 1 unspecified atom stereocenters. The summed E-state index contributed by atoms with van der Waals surface area (Å²) in [5.74, 6) is -1.22. The maximum Gasteiger partial charge on any atom is 0.410 e. The first-order valence-electron chi connectivity index (χ1n) is 11.6. The van der Waals surface area contributed by atoms with Crippen LogP contribution in [0.3, 0.4) is 0 Å². The molecule has 3 atom stereocenters. The predicted molar refractivity (Wildman–Crippen MR) is 128 cm³/mol. The Morgan fingerprint density at radius 2 is 1.47 bits per heavy atom. The average molecular weight is 496 g/mol. The maximum absolute atomic E-state index is 13.4. The maximum atomic E-state index is 13.4. The minimum Gasteiger partial charge on any atom is -0.459 e. The third-order valence-corrected chi connectivity index (χ3v) is 7.66. The Bertz CT molecular complexity index is 1010. The van der Waals surface area contributed by atoms with Gasteiger partial charge in [-0.3, -0.25) is 0 Å². The van der Waals surface area contributed by atoms with Crippen LogP contribution < -0.4 is 4.72 Å². The molecule has 0 spiro atoms. The van der Waals surface area contributed by atoms with Crippen molar-refractivity contribution < 1.29 is 27.5 Å². The van der Waals surface area contributed by atoms with Crippen LogP contribution in [0.5, 0.6) is 0 Å². The van der Waals surface area contributed by atoms with Gasteiger partial charge in [0.1, 0.15) is 16.7 Å². The lowest BCUT2D eigenvalue weighted by molar-refractivity contribution is -0.158. The molecule has 3 rings (SSSR count). The molecule has 1 N–H and O–H groups in total. The predicted octanol–water partition coefficient (Wildman–Crippen LogP) is 2.89. The van der Waals surface area contributed by atoms with Gasteiger partial charge in [0.2, 0.25) is 0 Å². The van der Waals surface area contributed by atoms with Crippen molar-refractivity contribution in [1.29, 1.82) is 0 Å². The summed E-state index contributed by atoms with van der Waals surface area (Å²) in [5.41, 5.74) is -1.91. The number of piperazine rings is 1. The summed E-state index contributed by atoms with van der Waals surface area (Å²) in [7, 11) is -4.03. The molecule has 1 amide bonds. The van der Waals surface area contributed by atoms with Crippen molar-refractivity contribution in [2.45, 2.75) is 71.1 Å². The van der Waals surface area contributed by atoms with Gasteiger partial charge in [0.05, 0.1) is 0 Å². The lowest BCUT2D eigenvalue weighted by Gasteiger charge is -2.36. The van der Waals surface area contributed by atoms with E-state index in [-0.39, 0.29) is 38.0 Å². The zero-order chi connectivity index (χ0) is 25.5. The third-order valence-electron chi connectivity index (χ3n) is 6.02. The first-order valence-corrected chi connectivity index (χ1v) is 13.1. The zero-order valence-electron chi connectivity index (χ0n) is 21.1. The van der Waals surface area contributed by atoms with E-state index in [9.17, 15) is 18.0 Å². The standard InChI is InChI=1S/C24H37N3O6S/c1-17-19(18-11-9-8-10-12-18)24(17,20(28)32-22(2,3)4)25-34(30,31)27-15-13-26(14-16-27)21(29)33-23(5,6)7/h8-12,17,19,25H,13-16H2,1-7H3/t17?,19-,24+/m1/s1. The largest absolute Gasteiger partial charge is 0.459 e. The number of nitrogens with one attached hydrogen (secondary N) is 1. The SMILES string of the molecule is CC1[C@H](c2ccccc2)[C@]1(NS(=O)(=O)N1CCN(C(=O)OC(C)(C)C)CC1)C(=O)OC(C)(C)C. The number of nitrogens with zero attached hydrogens (tertiary/aromatic N) is 2. The molecule has 1 aromatic rings. The number of esters is 1. The molecule has 190 valence electrons. The van der Waals surface area contributed by atoms with Crippen LogP contribution in [0.1, 0.15) is 59.9 Å². The highest BCUT2D eigenvalue weighted by atomic mass is 32.2. The van der Waals surface area contributed by atoms with Crippen LogP contribution in [0.4, 0.5) is 4.79 Å². The van der Waals surface area contributed by atoms with Crippen LogP contribution in [0.25, 0.3) is 0 Å². The van der Waals surface area contributed by atoms with E-state index in [1.807, 2.05) is 37.3 Å². The summed E-state index contributed by atoms with van der Waals surface area (Å²) in [5, 5.41) is 0. The Morgan fingerprint density at radius 3 is 1.97 bits per heavy atom. The molecule has 2 aliphatic rings. The number of benzene rings is 1. The highest BCUT2D eigenvalue weighted by molar-refractivity contribution is 7.87. The number of carbonyl (C=O) groups is 2. The van der Waals surface area contributed by atoms with E-state index in [0.29, 0.717) is 0 Å². The molecule has 0 bridgehead atoms. The van der Waals surface area contributed by atoms with Crippen LogP contribution in [-0.2, 0) is 24.5 Å². The molecule has 1 aliphatic carbocycles. The zero-order valence-corrected chi connectivity index (χ0v) is 21.9. The summed E-state index contributed by atoms with van der Waals surface area (Å²) in [6.07, 6.45) is -0.470. The number of rotatable bonds is 5. The van der Waals surface area contributed by atoms with E-state index in [4.69, 9.17) is 9.47 Å². The van der Waals surface area contributed by atoms with Crippen molar-refractivity contribution >= 4 is 22.3 Å². The van der Waals surface area contributed by atoms with Gasteiger partial charge in [-0.15, -0.1) is 0 Å². The van der Waals surface area contributed by atoms with Crippen molar-refractivity contribution in [3.8, 4) is 0 Å². The van der Waals surface area contributed by atoms with Gasteiger partial charge in [0.25, 0.3) is 10.2 Å². The number of amides is 1. The molecule has 1 aliphatic heterocycles. The van der Waals surface area contributed by atoms with E-state index in [1.54, 1.807) is 41.5 Å². The van der Waals surface area contributed by atoms with Crippen molar-refractivity contribution in [2.24, 2.45) is 5.92 Å². The van der Waals surface area contributed by atoms with Crippen LogP contribution in [-0.4, -0.2) is 72.6 Å². The van der Waals surface area contributed by atoms with Gasteiger partial charge in [-0.05, 0) is 53.0 Å². The Kier molecular flexibility index (Phi) is 7.09. The van der Waals surface area contributed by atoms with Gasteiger partial charge in [-0.1, -0.05) is 37.3 Å². The number of ether oxygens (including phenoxy) is 2. The molecule has 1 heterocycles. The first kappa shape index (κ1) is 26.4. The van der Waals surface area contributed by atoms with E-state index in [0.717, 1.165) is 5.56 Å². The van der Waals surface area contributed by atoms with Crippen LogP contribution in [0.2, 0.25) is 0 Å². The molecule has 34 heavy (non-hydrogen) atoms. The van der Waals surface area contributed by atoms with Crippen molar-refractivity contribution in [2.75, 3.05) is 26.2 Å². The smallest absolute Gasteiger partial charge is 0.410 e. The topological polar surface area (TPSA) is 105 Å². The van der Waals surface area contributed by atoms with E-state index >= 15 is 0 Å².